The minimum absolute atomic E-state index is 0.0955. The molecule has 0 amide bonds. The van der Waals surface area contributed by atoms with Gasteiger partial charge in [0, 0.05) is 17.0 Å². The number of nitrogens with one attached hydrogen (secondary N) is 1. The number of hydrogen-bond donors (Lipinski definition) is 1. The van der Waals surface area contributed by atoms with E-state index in [0.29, 0.717) is 11.2 Å². The SMILES string of the molecule is Cc1c(Cl)nc(C(C)(C)C)nc1NC1CC=CC1. The Hall–Kier alpha value is -1.09. The van der Waals surface area contributed by atoms with E-state index in [1.54, 1.807) is 0 Å². The Kier molecular flexibility index (Phi) is 3.62. The van der Waals surface area contributed by atoms with Crippen molar-refractivity contribution in [3.05, 3.63) is 28.7 Å². The molecule has 1 aromatic heterocycles. The van der Waals surface area contributed by atoms with E-state index in [9.17, 15) is 0 Å². The van der Waals surface area contributed by atoms with Gasteiger partial charge in [0.25, 0.3) is 0 Å². The highest BCUT2D eigenvalue weighted by molar-refractivity contribution is 6.30. The molecule has 1 aliphatic carbocycles. The lowest BCUT2D eigenvalue weighted by Gasteiger charge is -2.21. The molecule has 0 atom stereocenters. The number of rotatable bonds is 2. The van der Waals surface area contributed by atoms with Gasteiger partial charge in [-0.15, -0.1) is 0 Å². The zero-order valence-electron chi connectivity index (χ0n) is 11.4. The van der Waals surface area contributed by atoms with E-state index in [1.165, 1.54) is 0 Å². The molecular formula is C14H20ClN3. The first-order valence-electron chi connectivity index (χ1n) is 6.34. The van der Waals surface area contributed by atoms with Crippen molar-refractivity contribution >= 4 is 17.4 Å². The van der Waals surface area contributed by atoms with Crippen LogP contribution in [0.4, 0.5) is 5.82 Å². The molecule has 0 radical (unpaired) electrons. The van der Waals surface area contributed by atoms with Crippen LogP contribution in [-0.2, 0) is 5.41 Å². The first-order chi connectivity index (χ1) is 8.38. The summed E-state index contributed by atoms with van der Waals surface area (Å²) in [4.78, 5) is 9.01. The maximum Gasteiger partial charge on any atom is 0.137 e. The van der Waals surface area contributed by atoms with Crippen LogP contribution in [0.25, 0.3) is 0 Å². The molecule has 1 heterocycles. The molecule has 1 aromatic rings. The first-order valence-corrected chi connectivity index (χ1v) is 6.72. The van der Waals surface area contributed by atoms with Gasteiger partial charge in [0.05, 0.1) is 0 Å². The maximum absolute atomic E-state index is 6.20. The summed E-state index contributed by atoms with van der Waals surface area (Å²) in [5.74, 6) is 1.65. The summed E-state index contributed by atoms with van der Waals surface area (Å²) in [7, 11) is 0. The Morgan fingerprint density at radius 3 is 2.39 bits per heavy atom. The number of aromatic nitrogens is 2. The van der Waals surface area contributed by atoms with Gasteiger partial charge in [-0.1, -0.05) is 44.5 Å². The summed E-state index contributed by atoms with van der Waals surface area (Å²) in [6.07, 6.45) is 6.48. The van der Waals surface area contributed by atoms with Crippen molar-refractivity contribution in [2.45, 2.75) is 52.0 Å². The van der Waals surface area contributed by atoms with Gasteiger partial charge >= 0.3 is 0 Å². The number of anilines is 1. The van der Waals surface area contributed by atoms with Crippen LogP contribution < -0.4 is 5.32 Å². The van der Waals surface area contributed by atoms with Gasteiger partial charge in [-0.3, -0.25) is 0 Å². The second-order valence-corrected chi connectivity index (χ2v) is 6.20. The van der Waals surface area contributed by atoms with E-state index in [4.69, 9.17) is 11.6 Å². The second-order valence-electron chi connectivity index (χ2n) is 5.85. The van der Waals surface area contributed by atoms with Gasteiger partial charge in [-0.05, 0) is 19.8 Å². The summed E-state index contributed by atoms with van der Waals surface area (Å²) in [5.41, 5.74) is 0.832. The van der Waals surface area contributed by atoms with E-state index in [0.717, 1.165) is 30.0 Å². The molecule has 1 N–H and O–H groups in total. The fourth-order valence-corrected chi connectivity index (χ4v) is 2.06. The number of hydrogen-bond acceptors (Lipinski definition) is 3. The fourth-order valence-electron chi connectivity index (χ4n) is 1.89. The summed E-state index contributed by atoms with van der Waals surface area (Å²) < 4.78 is 0. The van der Waals surface area contributed by atoms with Crippen LogP contribution in [0.15, 0.2) is 12.2 Å². The Morgan fingerprint density at radius 1 is 1.22 bits per heavy atom. The van der Waals surface area contributed by atoms with Gasteiger partial charge in [0.15, 0.2) is 0 Å². The first kappa shape index (κ1) is 13.3. The van der Waals surface area contributed by atoms with E-state index >= 15 is 0 Å². The lowest BCUT2D eigenvalue weighted by molar-refractivity contribution is 0.544. The minimum Gasteiger partial charge on any atom is -0.366 e. The monoisotopic (exact) mass is 265 g/mol. The van der Waals surface area contributed by atoms with Crippen molar-refractivity contribution in [1.29, 1.82) is 0 Å². The highest BCUT2D eigenvalue weighted by Crippen LogP contribution is 2.27. The number of nitrogens with zero attached hydrogens (tertiary/aromatic N) is 2. The molecule has 4 heteroatoms. The average molecular weight is 266 g/mol. The van der Waals surface area contributed by atoms with Crippen molar-refractivity contribution in [3.63, 3.8) is 0 Å². The molecule has 3 nitrogen and oxygen atoms in total. The largest absolute Gasteiger partial charge is 0.366 e. The quantitative estimate of drug-likeness (QED) is 0.652. The third-order valence-electron chi connectivity index (χ3n) is 3.11. The molecule has 0 saturated carbocycles. The zero-order valence-corrected chi connectivity index (χ0v) is 12.2. The zero-order chi connectivity index (χ0) is 13.3. The van der Waals surface area contributed by atoms with Gasteiger partial charge in [0.1, 0.15) is 16.8 Å². The van der Waals surface area contributed by atoms with Crippen molar-refractivity contribution in [3.8, 4) is 0 Å². The van der Waals surface area contributed by atoms with Crippen LogP contribution in [0.3, 0.4) is 0 Å². The third kappa shape index (κ3) is 2.83. The molecule has 0 saturated heterocycles. The van der Waals surface area contributed by atoms with E-state index in [-0.39, 0.29) is 5.41 Å². The highest BCUT2D eigenvalue weighted by atomic mass is 35.5. The summed E-state index contributed by atoms with van der Waals surface area (Å²) >= 11 is 6.20. The predicted molar refractivity (Wildman–Crippen MR) is 76.3 cm³/mol. The molecule has 98 valence electrons. The highest BCUT2D eigenvalue weighted by Gasteiger charge is 2.21. The van der Waals surface area contributed by atoms with Gasteiger partial charge < -0.3 is 5.32 Å². The molecule has 0 unspecified atom stereocenters. The molecule has 2 rings (SSSR count). The normalized spacial score (nSPS) is 16.3. The molecule has 0 bridgehead atoms. The number of halogens is 1. The molecule has 18 heavy (non-hydrogen) atoms. The second kappa shape index (κ2) is 4.88. The van der Waals surface area contributed by atoms with Gasteiger partial charge in [-0.25, -0.2) is 9.97 Å². The van der Waals surface area contributed by atoms with Crippen molar-refractivity contribution in [2.24, 2.45) is 0 Å². The van der Waals surface area contributed by atoms with Crippen LogP contribution >= 0.6 is 11.6 Å². The van der Waals surface area contributed by atoms with Crippen LogP contribution in [0, 0.1) is 6.92 Å². The summed E-state index contributed by atoms with van der Waals surface area (Å²) in [5, 5.41) is 4.01. The molecule has 0 aromatic carbocycles. The van der Waals surface area contributed by atoms with Crippen molar-refractivity contribution in [1.82, 2.24) is 9.97 Å². The molecule has 1 aliphatic rings. The van der Waals surface area contributed by atoms with Crippen LogP contribution in [0.5, 0.6) is 0 Å². The third-order valence-corrected chi connectivity index (χ3v) is 3.47. The summed E-state index contributed by atoms with van der Waals surface area (Å²) in [6.45, 7) is 8.23. The minimum atomic E-state index is -0.0955. The standard InChI is InChI=1S/C14H20ClN3/c1-9-11(15)17-13(14(2,3)4)18-12(9)16-10-7-5-6-8-10/h5-6,10H,7-8H2,1-4H3,(H,16,17,18). The average Bonchev–Trinajstić information content (AvgIpc) is 2.75. The van der Waals surface area contributed by atoms with Gasteiger partial charge in [0.2, 0.25) is 0 Å². The van der Waals surface area contributed by atoms with Crippen LogP contribution in [-0.4, -0.2) is 16.0 Å². The Labute approximate surface area is 114 Å². The smallest absolute Gasteiger partial charge is 0.137 e. The molecule has 0 fully saturated rings. The lowest BCUT2D eigenvalue weighted by atomic mass is 9.95. The van der Waals surface area contributed by atoms with Crippen LogP contribution in [0.2, 0.25) is 5.15 Å². The van der Waals surface area contributed by atoms with E-state index < -0.39 is 0 Å². The molecule has 0 aliphatic heterocycles. The molecular weight excluding hydrogens is 246 g/mol. The van der Waals surface area contributed by atoms with E-state index in [2.05, 4.69) is 48.2 Å². The molecule has 0 spiro atoms. The van der Waals surface area contributed by atoms with E-state index in [1.807, 2.05) is 6.92 Å². The topological polar surface area (TPSA) is 37.8 Å². The van der Waals surface area contributed by atoms with Gasteiger partial charge in [-0.2, -0.15) is 0 Å². The Morgan fingerprint density at radius 2 is 1.83 bits per heavy atom. The van der Waals surface area contributed by atoms with Crippen LogP contribution in [0.1, 0.15) is 45.0 Å². The van der Waals surface area contributed by atoms with Crippen molar-refractivity contribution < 1.29 is 0 Å². The fraction of sp³-hybridized carbons (Fsp3) is 0.571. The Bertz CT molecular complexity index is 467. The predicted octanol–water partition coefficient (Wildman–Crippen LogP) is 3.87. The summed E-state index contributed by atoms with van der Waals surface area (Å²) in [6, 6.07) is 0.433. The lowest BCUT2D eigenvalue weighted by Crippen LogP contribution is -2.21. The Balaban J connectivity index is 2.30. The maximum atomic E-state index is 6.20. The van der Waals surface area contributed by atoms with Crippen molar-refractivity contribution in [2.75, 3.05) is 5.32 Å².